The standard InChI is InChI=1S/C12H10FN2O3.W/c13-8-4-2-1-3-7(8)11(17)14-9-5-6-10(16)15-12(9)18;/h1-2,4,9H,5-6H2,(H2,14,15,16,17,18);/q-1;+2/p-1. The molecule has 0 radical (unpaired) electrons. The number of hydrogen-bond donors (Lipinski definition) is 1. The number of nitrogens with one attached hydrogen (secondary N) is 1. The van der Waals surface area contributed by atoms with Crippen LogP contribution in [0.2, 0.25) is 0 Å². The summed E-state index contributed by atoms with van der Waals surface area (Å²) in [6, 6.07) is 5.39. The van der Waals surface area contributed by atoms with Gasteiger partial charge in [-0.05, 0) is 18.4 Å². The Kier molecular flexibility index (Phi) is 5.36. The Balaban J connectivity index is 0.00000180. The van der Waals surface area contributed by atoms with Gasteiger partial charge < -0.3 is 10.1 Å². The van der Waals surface area contributed by atoms with Crippen molar-refractivity contribution < 1.29 is 39.8 Å². The predicted octanol–water partition coefficient (Wildman–Crippen LogP) is 0.942. The zero-order valence-corrected chi connectivity index (χ0v) is 12.6. The van der Waals surface area contributed by atoms with Crippen LogP contribution >= 0.6 is 0 Å². The summed E-state index contributed by atoms with van der Waals surface area (Å²) in [6.07, 6.45) is 0.277. The molecule has 0 bridgehead atoms. The van der Waals surface area contributed by atoms with E-state index in [9.17, 15) is 18.8 Å². The first-order valence-corrected chi connectivity index (χ1v) is 5.33. The van der Waals surface area contributed by atoms with Gasteiger partial charge in [-0.1, -0.05) is 5.56 Å². The third-order valence-corrected chi connectivity index (χ3v) is 2.50. The molecule has 1 heterocycles. The number of halogens is 1. The van der Waals surface area contributed by atoms with Gasteiger partial charge in [0.2, 0.25) is 11.8 Å². The molecular formula is C12H9FN2O3W. The fraction of sp³-hybridized carbons (Fsp3) is 0.250. The molecule has 5 nitrogen and oxygen atoms in total. The summed E-state index contributed by atoms with van der Waals surface area (Å²) >= 11 is 0. The molecule has 1 atom stereocenters. The summed E-state index contributed by atoms with van der Waals surface area (Å²) in [7, 11) is 0. The topological polar surface area (TPSA) is 77.3 Å². The van der Waals surface area contributed by atoms with E-state index in [0.717, 1.165) is 6.07 Å². The van der Waals surface area contributed by atoms with Gasteiger partial charge in [0.05, 0.1) is 0 Å². The van der Waals surface area contributed by atoms with Crippen LogP contribution in [0, 0.1) is 11.9 Å². The summed E-state index contributed by atoms with van der Waals surface area (Å²) in [6.45, 7) is 0. The van der Waals surface area contributed by atoms with E-state index >= 15 is 0 Å². The van der Waals surface area contributed by atoms with E-state index in [1.807, 2.05) is 0 Å². The molecule has 19 heavy (non-hydrogen) atoms. The second kappa shape index (κ2) is 6.57. The van der Waals surface area contributed by atoms with Gasteiger partial charge in [-0.3, -0.25) is 19.3 Å². The van der Waals surface area contributed by atoms with Gasteiger partial charge in [-0.2, -0.15) is 0 Å². The molecule has 0 aliphatic carbocycles. The van der Waals surface area contributed by atoms with Crippen LogP contribution in [0.15, 0.2) is 18.2 Å². The molecule has 1 aromatic rings. The fourth-order valence-corrected chi connectivity index (χ4v) is 1.59. The van der Waals surface area contributed by atoms with Gasteiger partial charge in [0.15, 0.2) is 0 Å². The maximum atomic E-state index is 13.3. The van der Waals surface area contributed by atoms with Crippen LogP contribution in [0.25, 0.3) is 5.32 Å². The van der Waals surface area contributed by atoms with Crippen LogP contribution in [0.4, 0.5) is 4.39 Å². The van der Waals surface area contributed by atoms with Gasteiger partial charge in [0.1, 0.15) is 0 Å². The minimum absolute atomic E-state index is 0. The molecule has 3 amide bonds. The Bertz CT molecular complexity index is 521. The molecule has 2 rings (SSSR count). The Labute approximate surface area is 123 Å². The van der Waals surface area contributed by atoms with Crippen molar-refractivity contribution in [2.45, 2.75) is 18.9 Å². The van der Waals surface area contributed by atoms with Crippen LogP contribution in [-0.4, -0.2) is 23.8 Å². The third kappa shape index (κ3) is 3.70. The van der Waals surface area contributed by atoms with Crippen LogP contribution in [-0.2, 0) is 30.7 Å². The number of amides is 3. The van der Waals surface area contributed by atoms with Crippen LogP contribution in [0.5, 0.6) is 0 Å². The molecule has 1 saturated heterocycles. The first-order chi connectivity index (χ1) is 8.58. The second-order valence-electron chi connectivity index (χ2n) is 3.79. The van der Waals surface area contributed by atoms with Gasteiger partial charge in [0.25, 0.3) is 0 Å². The van der Waals surface area contributed by atoms with E-state index in [1.165, 1.54) is 12.1 Å². The van der Waals surface area contributed by atoms with E-state index in [2.05, 4.69) is 16.7 Å². The maximum absolute atomic E-state index is 13.3. The van der Waals surface area contributed by atoms with Crippen molar-refractivity contribution in [2.24, 2.45) is 0 Å². The fourth-order valence-electron chi connectivity index (χ4n) is 1.59. The summed E-state index contributed by atoms with van der Waals surface area (Å²) in [5, 5.41) is 5.68. The van der Waals surface area contributed by atoms with E-state index in [1.54, 1.807) is 0 Å². The van der Waals surface area contributed by atoms with E-state index in [0.29, 0.717) is 0 Å². The summed E-state index contributed by atoms with van der Waals surface area (Å²) in [4.78, 5) is 33.9. The normalized spacial score (nSPS) is 18.3. The zero-order chi connectivity index (χ0) is 13.1. The molecule has 0 saturated carbocycles. The zero-order valence-electron chi connectivity index (χ0n) is 9.68. The van der Waals surface area contributed by atoms with Crippen molar-refractivity contribution in [3.8, 4) is 0 Å². The third-order valence-electron chi connectivity index (χ3n) is 2.50. The van der Waals surface area contributed by atoms with Crippen molar-refractivity contribution >= 4 is 17.7 Å². The van der Waals surface area contributed by atoms with Crippen molar-refractivity contribution in [3.05, 3.63) is 41.0 Å². The van der Waals surface area contributed by atoms with Gasteiger partial charge in [-0.25, -0.2) is 0 Å². The molecule has 1 fully saturated rings. The maximum Gasteiger partial charge on any atom is 2.00 e. The second-order valence-corrected chi connectivity index (χ2v) is 3.79. The first kappa shape index (κ1) is 15.5. The Hall–Kier alpha value is -1.55. The van der Waals surface area contributed by atoms with E-state index < -0.39 is 29.6 Å². The van der Waals surface area contributed by atoms with Gasteiger partial charge in [0, 0.05) is 12.2 Å². The SMILES string of the molecule is O=C1CCC([N-]C(=O)c2[c-]cccc2F)C(=O)N1.[W+2]. The van der Waals surface area contributed by atoms with Crippen LogP contribution < -0.4 is 5.32 Å². The molecule has 1 unspecified atom stereocenters. The summed E-state index contributed by atoms with van der Waals surface area (Å²) in [5.74, 6) is -2.60. The molecule has 1 N–H and O–H groups in total. The first-order valence-electron chi connectivity index (χ1n) is 5.33. The average molecular weight is 432 g/mol. The Morgan fingerprint density at radius 3 is 2.84 bits per heavy atom. The van der Waals surface area contributed by atoms with Crippen molar-refractivity contribution in [2.75, 3.05) is 0 Å². The van der Waals surface area contributed by atoms with Gasteiger partial charge >= 0.3 is 21.1 Å². The van der Waals surface area contributed by atoms with Crippen LogP contribution in [0.1, 0.15) is 23.2 Å². The molecule has 1 aromatic carbocycles. The number of piperidine rings is 1. The summed E-state index contributed by atoms with van der Waals surface area (Å²) < 4.78 is 13.3. The molecule has 1 aliphatic heterocycles. The average Bonchev–Trinajstić information content (AvgIpc) is 2.33. The smallest absolute Gasteiger partial charge is 0.684 e. The molecular weight excluding hydrogens is 423 g/mol. The molecule has 98 valence electrons. The van der Waals surface area contributed by atoms with Crippen molar-refractivity contribution in [1.82, 2.24) is 5.32 Å². The Morgan fingerprint density at radius 1 is 1.47 bits per heavy atom. The summed E-state index contributed by atoms with van der Waals surface area (Å²) in [5.41, 5.74) is -0.304. The largest absolute Gasteiger partial charge is 2.00 e. The monoisotopic (exact) mass is 432 g/mol. The Morgan fingerprint density at radius 2 is 2.21 bits per heavy atom. The molecule has 0 spiro atoms. The van der Waals surface area contributed by atoms with Crippen LogP contribution in [0.3, 0.4) is 0 Å². The van der Waals surface area contributed by atoms with E-state index in [-0.39, 0.29) is 39.5 Å². The number of imide groups is 1. The number of hydrogen-bond acceptors (Lipinski definition) is 3. The minimum atomic E-state index is -0.941. The number of benzene rings is 1. The molecule has 1 aliphatic rings. The molecule has 0 aromatic heterocycles. The quantitative estimate of drug-likeness (QED) is 0.559. The van der Waals surface area contributed by atoms with Crippen molar-refractivity contribution in [3.63, 3.8) is 0 Å². The van der Waals surface area contributed by atoms with Gasteiger partial charge in [-0.15, -0.1) is 24.3 Å². The minimum Gasteiger partial charge on any atom is -0.684 e. The van der Waals surface area contributed by atoms with E-state index in [4.69, 9.17) is 0 Å². The number of rotatable bonds is 2. The number of nitrogens with zero attached hydrogens (tertiary/aromatic N) is 1. The predicted molar refractivity (Wildman–Crippen MR) is 59.1 cm³/mol. The number of carbonyl (C=O) groups is 3. The van der Waals surface area contributed by atoms with Crippen molar-refractivity contribution in [1.29, 1.82) is 0 Å². The number of carbonyl (C=O) groups excluding carboxylic acids is 3. The molecule has 7 heteroatoms.